The van der Waals surface area contributed by atoms with E-state index >= 15 is 0 Å². The van der Waals surface area contributed by atoms with Crippen molar-refractivity contribution in [1.82, 2.24) is 15.0 Å². The molecule has 0 radical (unpaired) electrons. The molecule has 9 heteroatoms. The quantitative estimate of drug-likeness (QED) is 0.893. The van der Waals surface area contributed by atoms with Crippen LogP contribution in [-0.2, 0) is 22.5 Å². The van der Waals surface area contributed by atoms with E-state index in [1.165, 1.54) is 11.3 Å². The fourth-order valence-corrected chi connectivity index (χ4v) is 4.05. The third-order valence-electron chi connectivity index (χ3n) is 4.32. The molecule has 2 amide bonds. The summed E-state index contributed by atoms with van der Waals surface area (Å²) >= 11 is 1.41. The fraction of sp³-hybridized carbons (Fsp3) is 0.500. The van der Waals surface area contributed by atoms with Gasteiger partial charge in [0.15, 0.2) is 10.8 Å². The zero-order valence-electron chi connectivity index (χ0n) is 13.8. The molecule has 1 fully saturated rings. The molecule has 1 saturated heterocycles. The van der Waals surface area contributed by atoms with E-state index in [1.54, 1.807) is 17.9 Å². The highest BCUT2D eigenvalue weighted by atomic mass is 32.1. The van der Waals surface area contributed by atoms with Gasteiger partial charge in [-0.3, -0.25) is 14.9 Å². The van der Waals surface area contributed by atoms with Crippen molar-refractivity contribution in [3.63, 3.8) is 0 Å². The van der Waals surface area contributed by atoms with Gasteiger partial charge in [0.25, 0.3) is 11.8 Å². The Labute approximate surface area is 148 Å². The lowest BCUT2D eigenvalue weighted by atomic mass is 10.1. The van der Waals surface area contributed by atoms with Crippen molar-refractivity contribution in [2.45, 2.75) is 38.8 Å². The predicted octanol–water partition coefficient (Wildman–Crippen LogP) is 1.76. The SMILES string of the molecule is Cc1cc(C(=O)N2CCc3nc(NC(=O)C4CCCO4)sc3C2)no1. The summed E-state index contributed by atoms with van der Waals surface area (Å²) in [4.78, 5) is 31.8. The molecule has 0 bridgehead atoms. The molecule has 0 saturated carbocycles. The molecule has 0 aliphatic carbocycles. The average Bonchev–Trinajstić information content (AvgIpc) is 3.33. The minimum absolute atomic E-state index is 0.144. The second-order valence-electron chi connectivity index (χ2n) is 6.18. The summed E-state index contributed by atoms with van der Waals surface area (Å²) in [6.45, 7) is 3.42. The standard InChI is InChI=1S/C16H18N4O4S/c1-9-7-11(19-24-9)15(22)20-5-4-10-13(8-20)25-16(17-10)18-14(21)12-3-2-6-23-12/h7,12H,2-6,8H2,1H3,(H,17,18,21). The van der Waals surface area contributed by atoms with Gasteiger partial charge in [-0.25, -0.2) is 4.98 Å². The number of nitrogens with one attached hydrogen (secondary N) is 1. The van der Waals surface area contributed by atoms with Crippen LogP contribution >= 0.6 is 11.3 Å². The molecule has 1 atom stereocenters. The summed E-state index contributed by atoms with van der Waals surface area (Å²) < 4.78 is 10.4. The molecule has 0 aromatic carbocycles. The van der Waals surface area contributed by atoms with E-state index in [0.717, 1.165) is 23.4 Å². The Kier molecular flexibility index (Phi) is 4.26. The zero-order valence-corrected chi connectivity index (χ0v) is 14.6. The van der Waals surface area contributed by atoms with Crippen molar-refractivity contribution in [1.29, 1.82) is 0 Å². The average molecular weight is 362 g/mol. The molecule has 1 unspecified atom stereocenters. The number of thiazole rings is 1. The van der Waals surface area contributed by atoms with Gasteiger partial charge >= 0.3 is 0 Å². The molecule has 4 heterocycles. The maximum atomic E-state index is 12.5. The van der Waals surface area contributed by atoms with Crippen LogP contribution in [0.25, 0.3) is 0 Å². The van der Waals surface area contributed by atoms with Crippen LogP contribution in [0, 0.1) is 6.92 Å². The molecule has 0 spiro atoms. The number of ether oxygens (including phenoxy) is 1. The maximum Gasteiger partial charge on any atom is 0.276 e. The van der Waals surface area contributed by atoms with Gasteiger partial charge in [0, 0.05) is 30.5 Å². The highest BCUT2D eigenvalue weighted by Crippen LogP contribution is 2.29. The second-order valence-corrected chi connectivity index (χ2v) is 7.26. The Morgan fingerprint density at radius 1 is 1.44 bits per heavy atom. The third-order valence-corrected chi connectivity index (χ3v) is 5.32. The monoisotopic (exact) mass is 362 g/mol. The summed E-state index contributed by atoms with van der Waals surface area (Å²) in [5.74, 6) is 0.313. The number of anilines is 1. The van der Waals surface area contributed by atoms with Crippen LogP contribution in [0.15, 0.2) is 10.6 Å². The predicted molar refractivity (Wildman–Crippen MR) is 89.4 cm³/mol. The first kappa shape index (κ1) is 16.2. The number of hydrogen-bond acceptors (Lipinski definition) is 7. The smallest absolute Gasteiger partial charge is 0.276 e. The van der Waals surface area contributed by atoms with Gasteiger partial charge in [0.2, 0.25) is 0 Å². The van der Waals surface area contributed by atoms with Crippen LogP contribution in [0.3, 0.4) is 0 Å². The van der Waals surface area contributed by atoms with Crippen molar-refractivity contribution in [3.8, 4) is 0 Å². The van der Waals surface area contributed by atoms with Crippen LogP contribution in [0.4, 0.5) is 5.13 Å². The Hall–Kier alpha value is -2.26. The van der Waals surface area contributed by atoms with Crippen LogP contribution in [0.2, 0.25) is 0 Å². The largest absolute Gasteiger partial charge is 0.368 e. The van der Waals surface area contributed by atoms with Crippen LogP contribution in [-0.4, -0.2) is 46.1 Å². The molecule has 8 nitrogen and oxygen atoms in total. The number of nitrogens with zero attached hydrogens (tertiary/aromatic N) is 3. The van der Waals surface area contributed by atoms with E-state index in [9.17, 15) is 9.59 Å². The van der Waals surface area contributed by atoms with E-state index in [0.29, 0.717) is 42.7 Å². The van der Waals surface area contributed by atoms with Gasteiger partial charge in [0.1, 0.15) is 11.9 Å². The van der Waals surface area contributed by atoms with Crippen LogP contribution in [0.1, 0.15) is 39.7 Å². The van der Waals surface area contributed by atoms with E-state index < -0.39 is 0 Å². The highest BCUT2D eigenvalue weighted by Gasteiger charge is 2.28. The number of fused-ring (bicyclic) bond motifs is 1. The summed E-state index contributed by atoms with van der Waals surface area (Å²) in [5, 5.41) is 7.19. The highest BCUT2D eigenvalue weighted by molar-refractivity contribution is 7.15. The summed E-state index contributed by atoms with van der Waals surface area (Å²) in [5.41, 5.74) is 1.25. The van der Waals surface area contributed by atoms with Crippen molar-refractivity contribution in [2.24, 2.45) is 0 Å². The number of aromatic nitrogens is 2. The molecule has 25 heavy (non-hydrogen) atoms. The number of carbonyl (C=O) groups excluding carboxylic acids is 2. The maximum absolute atomic E-state index is 12.5. The van der Waals surface area contributed by atoms with Crippen molar-refractivity contribution in [2.75, 3.05) is 18.5 Å². The van der Waals surface area contributed by atoms with Gasteiger partial charge < -0.3 is 14.2 Å². The van der Waals surface area contributed by atoms with Gasteiger partial charge in [-0.2, -0.15) is 0 Å². The normalized spacial score (nSPS) is 19.7. The molecular weight excluding hydrogens is 344 g/mol. The van der Waals surface area contributed by atoms with Crippen molar-refractivity contribution < 1.29 is 18.8 Å². The summed E-state index contributed by atoms with van der Waals surface area (Å²) in [6, 6.07) is 1.64. The van der Waals surface area contributed by atoms with Crippen LogP contribution in [0.5, 0.6) is 0 Å². The lowest BCUT2D eigenvalue weighted by Crippen LogP contribution is -2.35. The number of rotatable bonds is 3. The topological polar surface area (TPSA) is 97.6 Å². The first-order valence-corrected chi connectivity index (χ1v) is 9.05. The number of carbonyl (C=O) groups is 2. The molecule has 132 valence electrons. The minimum atomic E-state index is -0.380. The lowest BCUT2D eigenvalue weighted by Gasteiger charge is -2.25. The molecule has 2 aromatic rings. The zero-order chi connectivity index (χ0) is 17.4. The molecular formula is C16H18N4O4S. The lowest BCUT2D eigenvalue weighted by molar-refractivity contribution is -0.124. The third kappa shape index (κ3) is 3.29. The van der Waals surface area contributed by atoms with E-state index in [-0.39, 0.29) is 17.9 Å². The van der Waals surface area contributed by atoms with Crippen LogP contribution < -0.4 is 5.32 Å². The Bertz CT molecular complexity index is 809. The van der Waals surface area contributed by atoms with Crippen molar-refractivity contribution in [3.05, 3.63) is 28.1 Å². The molecule has 2 aliphatic rings. The Morgan fingerprint density at radius 2 is 2.32 bits per heavy atom. The first-order chi connectivity index (χ1) is 12.1. The Balaban J connectivity index is 1.44. The van der Waals surface area contributed by atoms with Gasteiger partial charge in [-0.05, 0) is 19.8 Å². The molecule has 2 aromatic heterocycles. The summed E-state index contributed by atoms with van der Waals surface area (Å²) in [6.07, 6.45) is 1.93. The second kappa shape index (κ2) is 6.57. The van der Waals surface area contributed by atoms with E-state index in [4.69, 9.17) is 9.26 Å². The number of amides is 2. The minimum Gasteiger partial charge on any atom is -0.368 e. The molecule has 4 rings (SSSR count). The van der Waals surface area contributed by atoms with Gasteiger partial charge in [-0.1, -0.05) is 16.5 Å². The van der Waals surface area contributed by atoms with Crippen molar-refractivity contribution >= 4 is 28.3 Å². The number of hydrogen-bond donors (Lipinski definition) is 1. The molecule has 2 aliphatic heterocycles. The molecule has 1 N–H and O–H groups in total. The Morgan fingerprint density at radius 3 is 3.04 bits per heavy atom. The summed E-state index contributed by atoms with van der Waals surface area (Å²) in [7, 11) is 0. The first-order valence-electron chi connectivity index (χ1n) is 8.24. The van der Waals surface area contributed by atoms with Gasteiger partial charge in [0.05, 0.1) is 12.2 Å². The fourth-order valence-electron chi connectivity index (χ4n) is 3.02. The van der Waals surface area contributed by atoms with E-state index in [2.05, 4.69) is 15.5 Å². The van der Waals surface area contributed by atoms with Gasteiger partial charge in [-0.15, -0.1) is 0 Å². The van der Waals surface area contributed by atoms with E-state index in [1.807, 2.05) is 0 Å². The number of aryl methyl sites for hydroxylation is 1.